The van der Waals surface area contributed by atoms with Crippen LogP contribution >= 0.6 is 0 Å². The second-order valence-electron chi connectivity index (χ2n) is 3.47. The van der Waals surface area contributed by atoms with Gasteiger partial charge in [-0.2, -0.15) is 0 Å². The standard InChI is InChI=1S/C14H16/c1-4-8-13-9-6-7-10-14(13)11-12(3)5-2/h2,4,6-10,12H,11H2,1,3H3/b8-4-. The van der Waals surface area contributed by atoms with Gasteiger partial charge in [0.15, 0.2) is 0 Å². The smallest absolute Gasteiger partial charge is 0.0212 e. The van der Waals surface area contributed by atoms with Gasteiger partial charge in [0.05, 0.1) is 0 Å². The van der Waals surface area contributed by atoms with Crippen molar-refractivity contribution in [3.63, 3.8) is 0 Å². The van der Waals surface area contributed by atoms with Crippen LogP contribution in [0.5, 0.6) is 0 Å². The summed E-state index contributed by atoms with van der Waals surface area (Å²) in [5.41, 5.74) is 2.60. The van der Waals surface area contributed by atoms with E-state index in [0.717, 1.165) is 6.42 Å². The first-order valence-electron chi connectivity index (χ1n) is 4.94. The topological polar surface area (TPSA) is 0 Å². The van der Waals surface area contributed by atoms with E-state index in [9.17, 15) is 0 Å². The minimum Gasteiger partial charge on any atom is -0.120 e. The third kappa shape index (κ3) is 2.78. The number of benzene rings is 1. The van der Waals surface area contributed by atoms with Gasteiger partial charge in [-0.05, 0) is 24.5 Å². The average molecular weight is 184 g/mol. The van der Waals surface area contributed by atoms with Crippen molar-refractivity contribution in [2.24, 2.45) is 5.92 Å². The summed E-state index contributed by atoms with van der Waals surface area (Å²) < 4.78 is 0. The van der Waals surface area contributed by atoms with Crippen LogP contribution in [0.15, 0.2) is 30.3 Å². The maximum Gasteiger partial charge on any atom is 0.0212 e. The molecule has 1 rings (SSSR count). The molecule has 0 amide bonds. The van der Waals surface area contributed by atoms with Crippen LogP contribution in [0.25, 0.3) is 6.08 Å². The van der Waals surface area contributed by atoms with Crippen molar-refractivity contribution in [3.8, 4) is 12.3 Å². The van der Waals surface area contributed by atoms with Gasteiger partial charge in [0.1, 0.15) is 0 Å². The van der Waals surface area contributed by atoms with Crippen LogP contribution in [0.4, 0.5) is 0 Å². The van der Waals surface area contributed by atoms with E-state index >= 15 is 0 Å². The highest BCUT2D eigenvalue weighted by molar-refractivity contribution is 5.53. The number of rotatable bonds is 3. The van der Waals surface area contributed by atoms with Crippen molar-refractivity contribution in [2.75, 3.05) is 0 Å². The van der Waals surface area contributed by atoms with Gasteiger partial charge < -0.3 is 0 Å². The van der Waals surface area contributed by atoms with E-state index in [1.165, 1.54) is 11.1 Å². The van der Waals surface area contributed by atoms with Crippen LogP contribution in [0.1, 0.15) is 25.0 Å². The highest BCUT2D eigenvalue weighted by Crippen LogP contribution is 2.15. The van der Waals surface area contributed by atoms with E-state index < -0.39 is 0 Å². The van der Waals surface area contributed by atoms with Crippen LogP contribution in [0.3, 0.4) is 0 Å². The molecule has 0 saturated heterocycles. The molecule has 72 valence electrons. The van der Waals surface area contributed by atoms with Gasteiger partial charge >= 0.3 is 0 Å². The van der Waals surface area contributed by atoms with Crippen molar-refractivity contribution in [1.82, 2.24) is 0 Å². The summed E-state index contributed by atoms with van der Waals surface area (Å²) in [6.07, 6.45) is 10.5. The summed E-state index contributed by atoms with van der Waals surface area (Å²) in [5.74, 6) is 3.07. The van der Waals surface area contributed by atoms with E-state index in [1.54, 1.807) is 0 Å². The quantitative estimate of drug-likeness (QED) is 0.630. The van der Waals surface area contributed by atoms with Gasteiger partial charge in [0, 0.05) is 5.92 Å². The molecule has 0 aliphatic carbocycles. The number of terminal acetylenes is 1. The highest BCUT2D eigenvalue weighted by atomic mass is 14.1. The summed E-state index contributed by atoms with van der Waals surface area (Å²) in [6.45, 7) is 4.10. The van der Waals surface area contributed by atoms with Crippen LogP contribution < -0.4 is 0 Å². The molecular weight excluding hydrogens is 168 g/mol. The summed E-state index contributed by atoms with van der Waals surface area (Å²) >= 11 is 0. The predicted molar refractivity (Wildman–Crippen MR) is 62.9 cm³/mol. The monoisotopic (exact) mass is 184 g/mol. The zero-order chi connectivity index (χ0) is 10.4. The Kier molecular flexibility index (Phi) is 4.01. The van der Waals surface area contributed by atoms with Crippen LogP contribution in [0.2, 0.25) is 0 Å². The summed E-state index contributed by atoms with van der Waals surface area (Å²) in [5, 5.41) is 0. The van der Waals surface area contributed by atoms with Gasteiger partial charge in [-0.3, -0.25) is 0 Å². The Hall–Kier alpha value is -1.48. The van der Waals surface area contributed by atoms with Gasteiger partial charge in [-0.25, -0.2) is 0 Å². The molecule has 0 N–H and O–H groups in total. The molecule has 0 heterocycles. The van der Waals surface area contributed by atoms with Gasteiger partial charge in [-0.1, -0.05) is 43.3 Å². The largest absolute Gasteiger partial charge is 0.120 e. The molecule has 0 saturated carbocycles. The minimum absolute atomic E-state index is 0.307. The highest BCUT2D eigenvalue weighted by Gasteiger charge is 2.02. The van der Waals surface area contributed by atoms with Gasteiger partial charge in [0.25, 0.3) is 0 Å². The Labute approximate surface area is 86.7 Å². The molecule has 0 radical (unpaired) electrons. The molecule has 1 atom stereocenters. The van der Waals surface area contributed by atoms with Gasteiger partial charge in [0.2, 0.25) is 0 Å². The third-order valence-corrected chi connectivity index (χ3v) is 2.21. The predicted octanol–water partition coefficient (Wildman–Crippen LogP) is 3.53. The summed E-state index contributed by atoms with van der Waals surface area (Å²) in [4.78, 5) is 0. The molecule has 1 aromatic rings. The minimum atomic E-state index is 0.307. The molecule has 0 spiro atoms. The van der Waals surface area contributed by atoms with Crippen molar-refractivity contribution in [1.29, 1.82) is 0 Å². The molecule has 0 aliphatic heterocycles. The van der Waals surface area contributed by atoms with Crippen molar-refractivity contribution >= 4 is 6.08 Å². The maximum atomic E-state index is 5.38. The molecule has 1 unspecified atom stereocenters. The van der Waals surface area contributed by atoms with E-state index in [0.29, 0.717) is 5.92 Å². The second kappa shape index (κ2) is 5.29. The van der Waals surface area contributed by atoms with Crippen LogP contribution in [0, 0.1) is 18.3 Å². The first-order valence-corrected chi connectivity index (χ1v) is 4.94. The van der Waals surface area contributed by atoms with Crippen LogP contribution in [-0.4, -0.2) is 0 Å². The molecule has 1 aromatic carbocycles. The molecule has 0 bridgehead atoms. The Morgan fingerprint density at radius 3 is 2.79 bits per heavy atom. The summed E-state index contributed by atoms with van der Waals surface area (Å²) in [6, 6.07) is 8.38. The zero-order valence-corrected chi connectivity index (χ0v) is 8.83. The van der Waals surface area contributed by atoms with E-state index in [1.807, 2.05) is 6.92 Å². The van der Waals surface area contributed by atoms with Crippen molar-refractivity contribution in [2.45, 2.75) is 20.3 Å². The normalized spacial score (nSPS) is 12.6. The molecule has 0 aliphatic rings. The van der Waals surface area contributed by atoms with E-state index in [-0.39, 0.29) is 0 Å². The molecular formula is C14H16. The van der Waals surface area contributed by atoms with Crippen LogP contribution in [-0.2, 0) is 6.42 Å². The average Bonchev–Trinajstić information content (AvgIpc) is 2.21. The first kappa shape index (κ1) is 10.6. The molecule has 14 heavy (non-hydrogen) atoms. The maximum absolute atomic E-state index is 5.38. The molecule has 0 nitrogen and oxygen atoms in total. The summed E-state index contributed by atoms with van der Waals surface area (Å²) in [7, 11) is 0. The number of hydrogen-bond acceptors (Lipinski definition) is 0. The second-order valence-corrected chi connectivity index (χ2v) is 3.47. The SMILES string of the molecule is C#CC(C)Cc1ccccc1/C=C\C. The molecule has 0 fully saturated rings. The lowest BCUT2D eigenvalue weighted by Gasteiger charge is -2.07. The fourth-order valence-corrected chi connectivity index (χ4v) is 1.45. The first-order chi connectivity index (χ1) is 6.77. The Balaban J connectivity index is 2.91. The fraction of sp³-hybridized carbons (Fsp3) is 0.286. The van der Waals surface area contributed by atoms with Crippen molar-refractivity contribution in [3.05, 3.63) is 41.5 Å². The number of hydrogen-bond donors (Lipinski definition) is 0. The van der Waals surface area contributed by atoms with Crippen molar-refractivity contribution < 1.29 is 0 Å². The van der Waals surface area contributed by atoms with E-state index in [2.05, 4.69) is 49.3 Å². The Morgan fingerprint density at radius 2 is 2.14 bits per heavy atom. The van der Waals surface area contributed by atoms with Gasteiger partial charge in [-0.15, -0.1) is 12.3 Å². The Morgan fingerprint density at radius 1 is 1.43 bits per heavy atom. The zero-order valence-electron chi connectivity index (χ0n) is 8.83. The lowest BCUT2D eigenvalue weighted by atomic mass is 9.97. The Bertz CT molecular complexity index is 353. The lowest BCUT2D eigenvalue weighted by Crippen LogP contribution is -1.98. The molecule has 0 heteroatoms. The fourth-order valence-electron chi connectivity index (χ4n) is 1.45. The lowest BCUT2D eigenvalue weighted by molar-refractivity contribution is 0.750. The van der Waals surface area contributed by atoms with E-state index in [4.69, 9.17) is 6.42 Å². The molecule has 0 aromatic heterocycles. The number of allylic oxidation sites excluding steroid dienone is 1. The third-order valence-electron chi connectivity index (χ3n) is 2.21.